The molecule has 0 saturated heterocycles. The fourth-order valence-corrected chi connectivity index (χ4v) is 2.07. The molecule has 0 amide bonds. The molecule has 0 aliphatic carbocycles. The van der Waals surface area contributed by atoms with E-state index >= 15 is 0 Å². The van der Waals surface area contributed by atoms with Crippen molar-refractivity contribution in [2.75, 3.05) is 0 Å². The zero-order valence-corrected chi connectivity index (χ0v) is 12.0. The van der Waals surface area contributed by atoms with Crippen molar-refractivity contribution in [1.29, 1.82) is 5.26 Å². The second-order valence-electron chi connectivity index (χ2n) is 3.74. The molecule has 0 heterocycles. The summed E-state index contributed by atoms with van der Waals surface area (Å²) >= 11 is 9.15. The van der Waals surface area contributed by atoms with Crippen molar-refractivity contribution >= 4 is 27.5 Å². The second-order valence-corrected chi connectivity index (χ2v) is 4.92. The van der Waals surface area contributed by atoms with Crippen molar-refractivity contribution in [1.82, 2.24) is 0 Å². The highest BCUT2D eigenvalue weighted by atomic mass is 79.9. The first kappa shape index (κ1) is 13.9. The summed E-state index contributed by atoms with van der Waals surface area (Å²) in [5.41, 5.74) is 0.786. The molecule has 0 unspecified atom stereocenters. The standard InChI is InChI=1S/C14H8BrClFNO/c15-11-3-1-9(7-16)14(5-11)19-12-4-2-10(8-18)13(17)6-12/h1-6H,7H2. The van der Waals surface area contributed by atoms with Crippen LogP contribution in [0.1, 0.15) is 11.1 Å². The largest absolute Gasteiger partial charge is 0.457 e. The van der Waals surface area contributed by atoms with Gasteiger partial charge >= 0.3 is 0 Å². The van der Waals surface area contributed by atoms with Gasteiger partial charge in [-0.25, -0.2) is 4.39 Å². The Bertz CT molecular complexity index is 654. The van der Waals surface area contributed by atoms with Crippen LogP contribution in [0, 0.1) is 17.1 Å². The normalized spacial score (nSPS) is 10.0. The van der Waals surface area contributed by atoms with Crippen molar-refractivity contribution in [3.63, 3.8) is 0 Å². The molecule has 0 N–H and O–H groups in total. The smallest absolute Gasteiger partial charge is 0.144 e. The predicted molar refractivity (Wildman–Crippen MR) is 74.9 cm³/mol. The first-order valence-electron chi connectivity index (χ1n) is 5.36. The zero-order chi connectivity index (χ0) is 13.8. The third-order valence-corrected chi connectivity index (χ3v) is 3.24. The minimum absolute atomic E-state index is 0.0147. The molecule has 2 nitrogen and oxygen atoms in total. The molecule has 5 heteroatoms. The Labute approximate surface area is 123 Å². The molecule has 0 radical (unpaired) electrons. The van der Waals surface area contributed by atoms with Crippen LogP contribution in [0.5, 0.6) is 11.5 Å². The number of hydrogen-bond donors (Lipinski definition) is 0. The van der Waals surface area contributed by atoms with E-state index < -0.39 is 5.82 Å². The van der Waals surface area contributed by atoms with E-state index in [0.29, 0.717) is 17.4 Å². The molecule has 0 atom stereocenters. The first-order valence-corrected chi connectivity index (χ1v) is 6.68. The van der Waals surface area contributed by atoms with Gasteiger partial charge in [0.15, 0.2) is 0 Å². The van der Waals surface area contributed by atoms with E-state index in [4.69, 9.17) is 21.6 Å². The van der Waals surface area contributed by atoms with Crippen LogP contribution in [0.4, 0.5) is 4.39 Å². The molecule has 0 aliphatic rings. The first-order chi connectivity index (χ1) is 9.13. The highest BCUT2D eigenvalue weighted by Crippen LogP contribution is 2.30. The number of ether oxygens (including phenoxy) is 1. The van der Waals surface area contributed by atoms with Crippen molar-refractivity contribution in [3.05, 3.63) is 57.8 Å². The fourth-order valence-electron chi connectivity index (χ4n) is 1.51. The topological polar surface area (TPSA) is 33.0 Å². The van der Waals surface area contributed by atoms with Gasteiger partial charge in [-0.05, 0) is 24.3 Å². The Hall–Kier alpha value is -1.57. The third kappa shape index (κ3) is 3.25. The summed E-state index contributed by atoms with van der Waals surface area (Å²) in [7, 11) is 0. The van der Waals surface area contributed by atoms with Crippen LogP contribution in [0.25, 0.3) is 0 Å². The fraction of sp³-hybridized carbons (Fsp3) is 0.0714. The van der Waals surface area contributed by atoms with Crippen LogP contribution in [0.3, 0.4) is 0 Å². The monoisotopic (exact) mass is 339 g/mol. The molecular weight excluding hydrogens is 333 g/mol. The van der Waals surface area contributed by atoms with Crippen LogP contribution in [0.2, 0.25) is 0 Å². The summed E-state index contributed by atoms with van der Waals surface area (Å²) in [6, 6.07) is 11.3. The maximum atomic E-state index is 13.5. The highest BCUT2D eigenvalue weighted by Gasteiger charge is 2.08. The van der Waals surface area contributed by atoms with Gasteiger partial charge in [-0.15, -0.1) is 11.6 Å². The zero-order valence-electron chi connectivity index (χ0n) is 9.66. The molecule has 0 bridgehead atoms. The molecule has 0 aromatic heterocycles. The van der Waals surface area contributed by atoms with Gasteiger partial charge in [-0.3, -0.25) is 0 Å². The van der Waals surface area contributed by atoms with Gasteiger partial charge < -0.3 is 4.74 Å². The lowest BCUT2D eigenvalue weighted by Gasteiger charge is -2.10. The molecular formula is C14H8BrClFNO. The molecule has 2 aromatic rings. The van der Waals surface area contributed by atoms with Crippen LogP contribution in [0.15, 0.2) is 40.9 Å². The van der Waals surface area contributed by atoms with Crippen molar-refractivity contribution in [2.24, 2.45) is 0 Å². The number of nitrogens with zero attached hydrogens (tertiary/aromatic N) is 1. The second kappa shape index (κ2) is 6.05. The minimum Gasteiger partial charge on any atom is -0.457 e. The Kier molecular flexibility index (Phi) is 4.41. The Morgan fingerprint density at radius 3 is 2.68 bits per heavy atom. The van der Waals surface area contributed by atoms with Gasteiger partial charge in [0.1, 0.15) is 23.4 Å². The summed E-state index contributed by atoms with van der Waals surface area (Å²) in [6.07, 6.45) is 0. The average molecular weight is 341 g/mol. The van der Waals surface area contributed by atoms with E-state index in [2.05, 4.69) is 15.9 Å². The van der Waals surface area contributed by atoms with Gasteiger partial charge in [0.2, 0.25) is 0 Å². The molecule has 0 spiro atoms. The van der Waals surface area contributed by atoms with E-state index in [1.807, 2.05) is 12.1 Å². The average Bonchev–Trinajstić information content (AvgIpc) is 2.39. The summed E-state index contributed by atoms with van der Waals surface area (Å²) < 4.78 is 19.9. The molecule has 0 aliphatic heterocycles. The minimum atomic E-state index is -0.609. The quantitative estimate of drug-likeness (QED) is 0.737. The Morgan fingerprint density at radius 1 is 1.26 bits per heavy atom. The number of rotatable bonds is 3. The van der Waals surface area contributed by atoms with E-state index in [1.165, 1.54) is 12.1 Å². The van der Waals surface area contributed by atoms with Crippen LogP contribution >= 0.6 is 27.5 Å². The van der Waals surface area contributed by atoms with Crippen LogP contribution in [-0.2, 0) is 5.88 Å². The lowest BCUT2D eigenvalue weighted by atomic mass is 10.2. The lowest BCUT2D eigenvalue weighted by molar-refractivity contribution is 0.472. The Morgan fingerprint density at radius 2 is 2.05 bits per heavy atom. The number of halogens is 3. The maximum absolute atomic E-state index is 13.5. The molecule has 0 saturated carbocycles. The maximum Gasteiger partial charge on any atom is 0.144 e. The highest BCUT2D eigenvalue weighted by molar-refractivity contribution is 9.10. The van der Waals surface area contributed by atoms with E-state index in [9.17, 15) is 4.39 Å². The number of alkyl halides is 1. The summed E-state index contributed by atoms with van der Waals surface area (Å²) in [6.45, 7) is 0. The number of nitriles is 1. The predicted octanol–water partition coefficient (Wildman–Crippen LogP) is 4.99. The summed E-state index contributed by atoms with van der Waals surface area (Å²) in [5.74, 6) is 0.554. The molecule has 0 fully saturated rings. The van der Waals surface area contributed by atoms with Crippen molar-refractivity contribution in [2.45, 2.75) is 5.88 Å². The summed E-state index contributed by atoms with van der Waals surface area (Å²) in [5, 5.41) is 8.66. The molecule has 19 heavy (non-hydrogen) atoms. The number of hydrogen-bond acceptors (Lipinski definition) is 2. The van der Waals surface area contributed by atoms with Gasteiger partial charge in [-0.1, -0.05) is 22.0 Å². The Balaban J connectivity index is 2.33. The van der Waals surface area contributed by atoms with Crippen LogP contribution < -0.4 is 4.74 Å². The molecule has 2 aromatic carbocycles. The summed E-state index contributed by atoms with van der Waals surface area (Å²) in [4.78, 5) is 0. The van der Waals surface area contributed by atoms with Gasteiger partial charge in [0, 0.05) is 16.1 Å². The number of benzene rings is 2. The van der Waals surface area contributed by atoms with Crippen molar-refractivity contribution in [3.8, 4) is 17.6 Å². The van der Waals surface area contributed by atoms with Crippen molar-refractivity contribution < 1.29 is 9.13 Å². The molecule has 2 rings (SSSR count). The van der Waals surface area contributed by atoms with Gasteiger partial charge in [0.25, 0.3) is 0 Å². The van der Waals surface area contributed by atoms with Crippen LogP contribution in [-0.4, -0.2) is 0 Å². The van der Waals surface area contributed by atoms with Gasteiger partial charge in [-0.2, -0.15) is 5.26 Å². The van der Waals surface area contributed by atoms with E-state index in [-0.39, 0.29) is 5.56 Å². The van der Waals surface area contributed by atoms with Gasteiger partial charge in [0.05, 0.1) is 11.4 Å². The lowest BCUT2D eigenvalue weighted by Crippen LogP contribution is -1.91. The third-order valence-electron chi connectivity index (χ3n) is 2.46. The van der Waals surface area contributed by atoms with E-state index in [0.717, 1.165) is 10.0 Å². The van der Waals surface area contributed by atoms with E-state index in [1.54, 1.807) is 18.2 Å². The molecule has 96 valence electrons. The SMILES string of the molecule is N#Cc1ccc(Oc2cc(Br)ccc2CCl)cc1F.